The van der Waals surface area contributed by atoms with Crippen LogP contribution >= 0.6 is 0 Å². The third-order valence-electron chi connectivity index (χ3n) is 3.58. The first-order valence-corrected chi connectivity index (χ1v) is 8.55. The molecule has 0 unspecified atom stereocenters. The number of carbonyl (C=O) groups is 1. The van der Waals surface area contributed by atoms with Gasteiger partial charge in [-0.3, -0.25) is 8.75 Å². The average molecular weight is 345 g/mol. The molecule has 7 heteroatoms. The zero-order valence-corrected chi connectivity index (χ0v) is 13.7. The molecule has 124 valence electrons. The van der Waals surface area contributed by atoms with Gasteiger partial charge in [0, 0.05) is 11.6 Å². The van der Waals surface area contributed by atoms with E-state index in [1.54, 1.807) is 18.2 Å². The molecular weight excluding hydrogens is 330 g/mol. The third-order valence-corrected chi connectivity index (χ3v) is 4.92. The predicted octanol–water partition coefficient (Wildman–Crippen LogP) is 3.16. The van der Waals surface area contributed by atoms with Gasteiger partial charge in [0.1, 0.15) is 11.5 Å². The summed E-state index contributed by atoms with van der Waals surface area (Å²) in [5, 5.41) is 0.399. The Hall–Kier alpha value is -2.64. The predicted molar refractivity (Wildman–Crippen MR) is 88.2 cm³/mol. The fraction of sp³-hybridized carbons (Fsp3) is 0.118. The molecule has 0 saturated carbocycles. The van der Waals surface area contributed by atoms with E-state index in [2.05, 4.69) is 4.18 Å². The first kappa shape index (κ1) is 16.2. The quantitative estimate of drug-likeness (QED) is 0.679. The molecule has 24 heavy (non-hydrogen) atoms. The van der Waals surface area contributed by atoms with Crippen LogP contribution in [0.1, 0.15) is 5.56 Å². The Kier molecular flexibility index (Phi) is 4.37. The molecule has 0 amide bonds. The van der Waals surface area contributed by atoms with E-state index >= 15 is 0 Å². The molecule has 0 bridgehead atoms. The van der Waals surface area contributed by atoms with Gasteiger partial charge in [0.2, 0.25) is 0 Å². The van der Waals surface area contributed by atoms with Gasteiger partial charge in [0.25, 0.3) is 10.1 Å². The van der Waals surface area contributed by atoms with Crippen LogP contribution in [0.25, 0.3) is 10.9 Å². The molecule has 1 heterocycles. The molecule has 3 rings (SSSR count). The van der Waals surface area contributed by atoms with Gasteiger partial charge in [0.05, 0.1) is 12.6 Å². The van der Waals surface area contributed by atoms with E-state index in [1.165, 1.54) is 16.8 Å². The van der Waals surface area contributed by atoms with E-state index in [4.69, 9.17) is 4.74 Å². The lowest BCUT2D eigenvalue weighted by molar-refractivity contribution is 0.142. The topological polar surface area (TPSA) is 74.6 Å². The maximum absolute atomic E-state index is 12.3. The number of hydrogen-bond acceptors (Lipinski definition) is 5. The molecular formula is C17H15NO5S. The molecule has 1 aromatic heterocycles. The average Bonchev–Trinajstić information content (AvgIpc) is 3.04. The summed E-state index contributed by atoms with van der Waals surface area (Å²) >= 11 is 0. The van der Waals surface area contributed by atoms with E-state index in [0.29, 0.717) is 10.9 Å². The highest BCUT2D eigenvalue weighted by Gasteiger charge is 2.20. The zero-order chi connectivity index (χ0) is 17.2. The minimum atomic E-state index is -3.86. The highest BCUT2D eigenvalue weighted by Crippen LogP contribution is 2.25. The lowest BCUT2D eigenvalue weighted by atomic mass is 10.2. The summed E-state index contributed by atoms with van der Waals surface area (Å²) in [6.07, 6.45) is 0.896. The molecule has 0 radical (unpaired) electrons. The third kappa shape index (κ3) is 3.04. The van der Waals surface area contributed by atoms with Crippen LogP contribution in [-0.2, 0) is 25.6 Å². The van der Waals surface area contributed by atoms with Crippen molar-refractivity contribution in [3.05, 3.63) is 66.4 Å². The Bertz CT molecular complexity index is 977. The highest BCUT2D eigenvalue weighted by atomic mass is 32.2. The van der Waals surface area contributed by atoms with Crippen molar-refractivity contribution in [2.45, 2.75) is 11.5 Å². The summed E-state index contributed by atoms with van der Waals surface area (Å²) in [5.74, 6) is 0. The largest absolute Gasteiger partial charge is 0.444 e. The van der Waals surface area contributed by atoms with Gasteiger partial charge in [0.15, 0.2) is 0 Å². The Balaban J connectivity index is 1.91. The molecule has 0 aliphatic carbocycles. The second-order valence-electron chi connectivity index (χ2n) is 5.04. The molecule has 0 aliphatic rings. The minimum absolute atomic E-state index is 0.0112. The minimum Gasteiger partial charge on any atom is -0.444 e. The second kappa shape index (κ2) is 6.46. The summed E-state index contributed by atoms with van der Waals surface area (Å²) in [6.45, 7) is 0.134. The van der Waals surface area contributed by atoms with Crippen LogP contribution in [-0.4, -0.2) is 26.2 Å². The number of rotatable bonds is 4. The summed E-state index contributed by atoms with van der Waals surface area (Å²) in [4.78, 5) is 12.3. The lowest BCUT2D eigenvalue weighted by Gasteiger charge is -2.07. The highest BCUT2D eigenvalue weighted by molar-refractivity contribution is 7.87. The van der Waals surface area contributed by atoms with Gasteiger partial charge in [-0.15, -0.1) is 0 Å². The van der Waals surface area contributed by atoms with Crippen molar-refractivity contribution in [2.75, 3.05) is 7.11 Å². The molecule has 3 aromatic rings. The van der Waals surface area contributed by atoms with E-state index in [1.807, 2.05) is 30.3 Å². The van der Waals surface area contributed by atoms with Gasteiger partial charge in [-0.25, -0.2) is 4.79 Å². The van der Waals surface area contributed by atoms with Gasteiger partial charge in [-0.05, 0) is 23.8 Å². The summed E-state index contributed by atoms with van der Waals surface area (Å²) < 4.78 is 35.0. The molecule has 6 nitrogen and oxygen atoms in total. The fourth-order valence-electron chi connectivity index (χ4n) is 2.40. The number of ether oxygens (including phenoxy) is 1. The van der Waals surface area contributed by atoms with Crippen molar-refractivity contribution in [3.63, 3.8) is 0 Å². The molecule has 0 aliphatic heterocycles. The van der Waals surface area contributed by atoms with Crippen LogP contribution in [0.5, 0.6) is 0 Å². The second-order valence-corrected chi connectivity index (χ2v) is 6.72. The van der Waals surface area contributed by atoms with Crippen LogP contribution in [0.4, 0.5) is 4.79 Å². The molecule has 0 fully saturated rings. The molecule has 0 atom stereocenters. The van der Waals surface area contributed by atoms with E-state index in [-0.39, 0.29) is 11.5 Å². The summed E-state index contributed by atoms with van der Waals surface area (Å²) in [5.41, 5.74) is 1.30. The monoisotopic (exact) mass is 345 g/mol. The van der Waals surface area contributed by atoms with Gasteiger partial charge in [-0.2, -0.15) is 8.42 Å². The zero-order valence-electron chi connectivity index (χ0n) is 12.9. The summed E-state index contributed by atoms with van der Waals surface area (Å²) in [6, 6.07) is 15.5. The number of benzene rings is 2. The van der Waals surface area contributed by atoms with Crippen LogP contribution in [0.15, 0.2) is 65.7 Å². The Morgan fingerprint density at radius 3 is 2.50 bits per heavy atom. The number of fused-ring (bicyclic) bond motifs is 1. The van der Waals surface area contributed by atoms with Crippen LogP contribution < -0.4 is 0 Å². The maximum atomic E-state index is 12.3. The number of nitrogens with zero attached hydrogens (tertiary/aromatic N) is 1. The summed E-state index contributed by atoms with van der Waals surface area (Å²) in [7, 11) is -2.76. The molecule has 0 spiro atoms. The normalized spacial score (nSPS) is 11.5. The van der Waals surface area contributed by atoms with Crippen LogP contribution in [0.2, 0.25) is 0 Å². The van der Waals surface area contributed by atoms with Gasteiger partial charge in [-0.1, -0.05) is 36.4 Å². The number of aromatic nitrogens is 1. The van der Waals surface area contributed by atoms with Crippen molar-refractivity contribution in [3.8, 4) is 0 Å². The van der Waals surface area contributed by atoms with Gasteiger partial charge >= 0.3 is 6.09 Å². The van der Waals surface area contributed by atoms with E-state index in [0.717, 1.165) is 12.7 Å². The molecule has 2 aromatic carbocycles. The Labute approximate surface area is 139 Å². The first-order valence-electron chi connectivity index (χ1n) is 7.14. The van der Waals surface area contributed by atoms with Crippen LogP contribution in [0.3, 0.4) is 0 Å². The van der Waals surface area contributed by atoms with Crippen molar-refractivity contribution in [1.29, 1.82) is 0 Å². The van der Waals surface area contributed by atoms with Crippen molar-refractivity contribution >= 4 is 27.1 Å². The van der Waals surface area contributed by atoms with E-state index in [9.17, 15) is 13.2 Å². The standard InChI is InChI=1S/C17H15NO5S/c1-22-24(20,21)16-9-5-8-15-14(16)10-11-18(15)17(19)23-12-13-6-3-2-4-7-13/h2-11H,12H2,1H3. The van der Waals surface area contributed by atoms with E-state index < -0.39 is 16.2 Å². The maximum Gasteiger partial charge on any atom is 0.418 e. The van der Waals surface area contributed by atoms with Crippen LogP contribution in [0, 0.1) is 0 Å². The van der Waals surface area contributed by atoms with Crippen molar-refractivity contribution in [2.24, 2.45) is 0 Å². The van der Waals surface area contributed by atoms with Gasteiger partial charge < -0.3 is 4.74 Å². The number of hydrogen-bond donors (Lipinski definition) is 0. The lowest BCUT2D eigenvalue weighted by Crippen LogP contribution is -2.12. The molecule has 0 N–H and O–H groups in total. The fourth-order valence-corrected chi connectivity index (χ4v) is 3.26. The number of carbonyl (C=O) groups excluding carboxylic acids is 1. The smallest absolute Gasteiger partial charge is 0.418 e. The van der Waals surface area contributed by atoms with Crippen molar-refractivity contribution in [1.82, 2.24) is 4.57 Å². The molecule has 0 saturated heterocycles. The Morgan fingerprint density at radius 1 is 1.04 bits per heavy atom. The van der Waals surface area contributed by atoms with Crippen molar-refractivity contribution < 1.29 is 22.1 Å². The Morgan fingerprint density at radius 2 is 1.79 bits per heavy atom. The first-order chi connectivity index (χ1) is 11.5. The SMILES string of the molecule is COS(=O)(=O)c1cccc2c1ccn2C(=O)OCc1ccccc1.